The zero-order valence-corrected chi connectivity index (χ0v) is 6.34. The number of aliphatic hydroxyl groups excluding tert-OH is 1. The van der Waals surface area contributed by atoms with Crippen LogP contribution in [0.5, 0.6) is 0 Å². The van der Waals surface area contributed by atoms with Gasteiger partial charge in [-0.2, -0.15) is 0 Å². The molecule has 0 aromatic heterocycles. The smallest absolute Gasteiger partial charge is 0.0789 e. The van der Waals surface area contributed by atoms with Crippen molar-refractivity contribution in [3.8, 4) is 0 Å². The van der Waals surface area contributed by atoms with E-state index in [9.17, 15) is 0 Å². The highest BCUT2D eigenvalue weighted by molar-refractivity contribution is 4.74. The van der Waals surface area contributed by atoms with Crippen molar-refractivity contribution in [2.24, 2.45) is 0 Å². The minimum Gasteiger partial charge on any atom is -0.391 e. The molecule has 0 spiro atoms. The SMILES string of the molecule is CCN[C@H]1COC[C@@H](O)C1. The lowest BCUT2D eigenvalue weighted by Gasteiger charge is -2.26. The van der Waals surface area contributed by atoms with Crippen LogP contribution in [-0.4, -0.2) is 37.0 Å². The number of likely N-dealkylation sites (N-methyl/N-ethyl adjacent to an activating group) is 1. The van der Waals surface area contributed by atoms with Crippen LogP contribution in [0.15, 0.2) is 0 Å². The Hall–Kier alpha value is -0.120. The van der Waals surface area contributed by atoms with Gasteiger partial charge in [0.2, 0.25) is 0 Å². The van der Waals surface area contributed by atoms with Crippen LogP contribution in [0.25, 0.3) is 0 Å². The molecule has 60 valence electrons. The van der Waals surface area contributed by atoms with E-state index < -0.39 is 0 Å². The first kappa shape index (κ1) is 7.98. The van der Waals surface area contributed by atoms with Crippen molar-refractivity contribution >= 4 is 0 Å². The van der Waals surface area contributed by atoms with Crippen LogP contribution in [0.2, 0.25) is 0 Å². The van der Waals surface area contributed by atoms with Gasteiger partial charge in [-0.3, -0.25) is 0 Å². The van der Waals surface area contributed by atoms with Gasteiger partial charge in [0.05, 0.1) is 19.3 Å². The second kappa shape index (κ2) is 3.91. The maximum Gasteiger partial charge on any atom is 0.0789 e. The van der Waals surface area contributed by atoms with Crippen LogP contribution < -0.4 is 5.32 Å². The average molecular weight is 145 g/mol. The molecule has 0 saturated carbocycles. The molecule has 1 saturated heterocycles. The molecule has 0 radical (unpaired) electrons. The Kier molecular flexibility index (Phi) is 3.12. The number of ether oxygens (including phenoxy) is 1. The van der Waals surface area contributed by atoms with Crippen molar-refractivity contribution in [2.45, 2.75) is 25.5 Å². The Balaban J connectivity index is 2.18. The molecule has 0 aliphatic carbocycles. The first-order valence-electron chi connectivity index (χ1n) is 3.82. The third kappa shape index (κ3) is 2.25. The molecule has 1 rings (SSSR count). The molecule has 0 aromatic rings. The number of nitrogens with one attached hydrogen (secondary N) is 1. The Morgan fingerprint density at radius 3 is 3.00 bits per heavy atom. The summed E-state index contributed by atoms with van der Waals surface area (Å²) in [5.41, 5.74) is 0. The molecule has 2 N–H and O–H groups in total. The Morgan fingerprint density at radius 2 is 2.40 bits per heavy atom. The van der Waals surface area contributed by atoms with Crippen LogP contribution in [0.1, 0.15) is 13.3 Å². The van der Waals surface area contributed by atoms with Crippen molar-refractivity contribution in [1.82, 2.24) is 5.32 Å². The maximum absolute atomic E-state index is 9.14. The number of hydrogen-bond acceptors (Lipinski definition) is 3. The van der Waals surface area contributed by atoms with Gasteiger partial charge in [-0.1, -0.05) is 6.92 Å². The van der Waals surface area contributed by atoms with Crippen LogP contribution in [0, 0.1) is 0 Å². The molecule has 1 aliphatic heterocycles. The zero-order valence-electron chi connectivity index (χ0n) is 6.34. The largest absolute Gasteiger partial charge is 0.391 e. The highest BCUT2D eigenvalue weighted by atomic mass is 16.5. The van der Waals surface area contributed by atoms with Crippen LogP contribution >= 0.6 is 0 Å². The third-order valence-electron chi connectivity index (χ3n) is 1.68. The van der Waals surface area contributed by atoms with Gasteiger partial charge in [0, 0.05) is 6.04 Å². The summed E-state index contributed by atoms with van der Waals surface area (Å²) in [5.74, 6) is 0. The summed E-state index contributed by atoms with van der Waals surface area (Å²) in [6, 6.07) is 0.355. The van der Waals surface area contributed by atoms with Crippen molar-refractivity contribution in [3.05, 3.63) is 0 Å². The molecule has 3 nitrogen and oxygen atoms in total. The van der Waals surface area contributed by atoms with E-state index in [0.717, 1.165) is 19.6 Å². The van der Waals surface area contributed by atoms with Gasteiger partial charge in [-0.05, 0) is 13.0 Å². The zero-order chi connectivity index (χ0) is 7.40. The quantitative estimate of drug-likeness (QED) is 0.563. The van der Waals surface area contributed by atoms with E-state index in [4.69, 9.17) is 9.84 Å². The molecule has 2 atom stereocenters. The standard InChI is InChI=1S/C7H15NO2/c1-2-8-6-3-7(9)5-10-4-6/h6-9H,2-5H2,1H3/t6-,7+/m1/s1. The first-order chi connectivity index (χ1) is 4.83. The van der Waals surface area contributed by atoms with Gasteiger partial charge in [-0.25, -0.2) is 0 Å². The van der Waals surface area contributed by atoms with E-state index in [1.165, 1.54) is 0 Å². The molecule has 0 unspecified atom stereocenters. The van der Waals surface area contributed by atoms with E-state index in [1.807, 2.05) is 0 Å². The molecule has 0 aromatic carbocycles. The van der Waals surface area contributed by atoms with Crippen LogP contribution in [-0.2, 0) is 4.74 Å². The van der Waals surface area contributed by atoms with Gasteiger partial charge in [0.15, 0.2) is 0 Å². The van der Waals surface area contributed by atoms with Crippen molar-refractivity contribution in [2.75, 3.05) is 19.8 Å². The second-order valence-electron chi connectivity index (χ2n) is 2.68. The van der Waals surface area contributed by atoms with Gasteiger partial charge < -0.3 is 15.2 Å². The van der Waals surface area contributed by atoms with Gasteiger partial charge in [0.1, 0.15) is 0 Å². The predicted molar refractivity (Wildman–Crippen MR) is 38.9 cm³/mol. The highest BCUT2D eigenvalue weighted by Gasteiger charge is 2.18. The van der Waals surface area contributed by atoms with Crippen molar-refractivity contribution in [1.29, 1.82) is 0 Å². The summed E-state index contributed by atoms with van der Waals surface area (Å²) in [6.07, 6.45) is 0.561. The normalized spacial score (nSPS) is 34.2. The van der Waals surface area contributed by atoms with Gasteiger partial charge >= 0.3 is 0 Å². The average Bonchev–Trinajstić information content (AvgIpc) is 1.88. The maximum atomic E-state index is 9.14. The Bertz CT molecular complexity index is 95.6. The molecule has 3 heteroatoms. The third-order valence-corrected chi connectivity index (χ3v) is 1.68. The number of aliphatic hydroxyl groups is 1. The molecule has 0 amide bonds. The van der Waals surface area contributed by atoms with E-state index >= 15 is 0 Å². The summed E-state index contributed by atoms with van der Waals surface area (Å²) in [7, 11) is 0. The van der Waals surface area contributed by atoms with E-state index in [2.05, 4.69) is 12.2 Å². The minimum atomic E-state index is -0.266. The summed E-state index contributed by atoms with van der Waals surface area (Å²) >= 11 is 0. The molecular weight excluding hydrogens is 130 g/mol. The lowest BCUT2D eigenvalue weighted by Crippen LogP contribution is -2.42. The van der Waals surface area contributed by atoms with E-state index in [0.29, 0.717) is 12.6 Å². The van der Waals surface area contributed by atoms with E-state index in [-0.39, 0.29) is 6.10 Å². The van der Waals surface area contributed by atoms with Gasteiger partial charge in [0.25, 0.3) is 0 Å². The molecule has 1 aliphatic rings. The fraction of sp³-hybridized carbons (Fsp3) is 1.00. The fourth-order valence-electron chi connectivity index (χ4n) is 1.24. The van der Waals surface area contributed by atoms with Crippen LogP contribution in [0.4, 0.5) is 0 Å². The predicted octanol–water partition coefficient (Wildman–Crippen LogP) is -0.254. The summed E-state index contributed by atoms with van der Waals surface area (Å²) in [5, 5.41) is 12.4. The van der Waals surface area contributed by atoms with Crippen molar-refractivity contribution in [3.63, 3.8) is 0 Å². The number of rotatable bonds is 2. The lowest BCUT2D eigenvalue weighted by molar-refractivity contribution is -0.0226. The fourth-order valence-corrected chi connectivity index (χ4v) is 1.24. The summed E-state index contributed by atoms with van der Waals surface area (Å²) in [4.78, 5) is 0. The minimum absolute atomic E-state index is 0.266. The highest BCUT2D eigenvalue weighted by Crippen LogP contribution is 2.06. The summed E-state index contributed by atoms with van der Waals surface area (Å²) < 4.78 is 5.13. The number of hydrogen-bond donors (Lipinski definition) is 2. The Morgan fingerprint density at radius 1 is 1.60 bits per heavy atom. The lowest BCUT2D eigenvalue weighted by atomic mass is 10.1. The monoisotopic (exact) mass is 145 g/mol. The molecule has 0 bridgehead atoms. The topological polar surface area (TPSA) is 41.5 Å². The van der Waals surface area contributed by atoms with Crippen molar-refractivity contribution < 1.29 is 9.84 Å². The van der Waals surface area contributed by atoms with E-state index in [1.54, 1.807) is 0 Å². The van der Waals surface area contributed by atoms with Gasteiger partial charge in [-0.15, -0.1) is 0 Å². The molecule has 1 heterocycles. The van der Waals surface area contributed by atoms with Crippen LogP contribution in [0.3, 0.4) is 0 Å². The molecule has 1 fully saturated rings. The second-order valence-corrected chi connectivity index (χ2v) is 2.68. The Labute approximate surface area is 61.4 Å². The first-order valence-corrected chi connectivity index (χ1v) is 3.82. The summed E-state index contributed by atoms with van der Waals surface area (Å²) in [6.45, 7) is 4.24. The molecule has 10 heavy (non-hydrogen) atoms. The molecular formula is C7H15NO2.